The molecule has 0 aromatic rings. The molecule has 0 bridgehead atoms. The van der Waals surface area contributed by atoms with Gasteiger partial charge in [-0.1, -0.05) is 13.3 Å². The van der Waals surface area contributed by atoms with Crippen molar-refractivity contribution in [3.05, 3.63) is 0 Å². The van der Waals surface area contributed by atoms with Crippen molar-refractivity contribution in [2.45, 2.75) is 58.5 Å². The van der Waals surface area contributed by atoms with Crippen molar-refractivity contribution in [3.8, 4) is 0 Å². The van der Waals surface area contributed by atoms with Gasteiger partial charge in [0.1, 0.15) is 0 Å². The molecule has 0 aromatic carbocycles. The molecule has 1 fully saturated rings. The molecule has 1 aliphatic rings. The SMILES string of the molecule is CCCCOC(=O)[C@H]1OC(C)(C)O[C@@H]1C. The quantitative estimate of drug-likeness (QED) is 0.531. The van der Waals surface area contributed by atoms with Crippen molar-refractivity contribution in [3.63, 3.8) is 0 Å². The van der Waals surface area contributed by atoms with E-state index in [4.69, 9.17) is 14.2 Å². The standard InChI is InChI=1S/C11H20O4/c1-5-6-7-13-10(12)9-8(2)14-11(3,4)15-9/h8-9H,5-7H2,1-4H3/t8-,9+/m1/s1. The monoisotopic (exact) mass is 216 g/mol. The number of hydrogen-bond donors (Lipinski definition) is 0. The van der Waals surface area contributed by atoms with Crippen molar-refractivity contribution in [1.29, 1.82) is 0 Å². The van der Waals surface area contributed by atoms with Crippen LogP contribution in [0, 0.1) is 0 Å². The van der Waals surface area contributed by atoms with Gasteiger partial charge in [0.15, 0.2) is 11.9 Å². The van der Waals surface area contributed by atoms with Crippen molar-refractivity contribution in [1.82, 2.24) is 0 Å². The molecule has 1 heterocycles. The molecule has 4 nitrogen and oxygen atoms in total. The van der Waals surface area contributed by atoms with Crippen LogP contribution in [-0.2, 0) is 19.0 Å². The van der Waals surface area contributed by atoms with Gasteiger partial charge < -0.3 is 14.2 Å². The number of carbonyl (C=O) groups excluding carboxylic acids is 1. The molecule has 1 saturated heterocycles. The minimum absolute atomic E-state index is 0.242. The van der Waals surface area contributed by atoms with Crippen LogP contribution in [0.5, 0.6) is 0 Å². The Kier molecular flexibility index (Phi) is 4.11. The molecule has 0 spiro atoms. The van der Waals surface area contributed by atoms with Crippen molar-refractivity contribution in [2.24, 2.45) is 0 Å². The summed E-state index contributed by atoms with van der Waals surface area (Å²) in [6, 6.07) is 0. The number of esters is 1. The van der Waals surface area contributed by atoms with E-state index in [0.717, 1.165) is 12.8 Å². The smallest absolute Gasteiger partial charge is 0.338 e. The minimum Gasteiger partial charge on any atom is -0.464 e. The van der Waals surface area contributed by atoms with Crippen LogP contribution in [0.4, 0.5) is 0 Å². The lowest BCUT2D eigenvalue weighted by molar-refractivity contribution is -0.170. The second-order valence-corrected chi connectivity index (χ2v) is 4.28. The lowest BCUT2D eigenvalue weighted by Crippen LogP contribution is -2.32. The number of rotatable bonds is 4. The molecule has 0 aromatic heterocycles. The Labute approximate surface area is 90.9 Å². The molecule has 0 aliphatic carbocycles. The number of hydrogen-bond acceptors (Lipinski definition) is 4. The second kappa shape index (κ2) is 4.94. The second-order valence-electron chi connectivity index (χ2n) is 4.28. The van der Waals surface area contributed by atoms with Gasteiger partial charge in [0.25, 0.3) is 0 Å². The summed E-state index contributed by atoms with van der Waals surface area (Å²) in [6.07, 6.45) is 1.07. The molecule has 0 unspecified atom stereocenters. The fraction of sp³-hybridized carbons (Fsp3) is 0.909. The van der Waals surface area contributed by atoms with Crippen molar-refractivity contribution in [2.75, 3.05) is 6.61 Å². The topological polar surface area (TPSA) is 44.8 Å². The van der Waals surface area contributed by atoms with Crippen LogP contribution in [0.3, 0.4) is 0 Å². The highest BCUT2D eigenvalue weighted by molar-refractivity contribution is 5.75. The van der Waals surface area contributed by atoms with Crippen LogP contribution < -0.4 is 0 Å². The Morgan fingerprint density at radius 2 is 2.07 bits per heavy atom. The van der Waals surface area contributed by atoms with Crippen LogP contribution in [0.1, 0.15) is 40.5 Å². The summed E-state index contributed by atoms with van der Waals surface area (Å²) in [5.74, 6) is -1.00. The van der Waals surface area contributed by atoms with Gasteiger partial charge in [-0.2, -0.15) is 0 Å². The highest BCUT2D eigenvalue weighted by Crippen LogP contribution is 2.28. The zero-order valence-electron chi connectivity index (χ0n) is 9.91. The summed E-state index contributed by atoms with van der Waals surface area (Å²) in [5.41, 5.74) is 0. The van der Waals surface area contributed by atoms with Gasteiger partial charge in [0, 0.05) is 0 Å². The van der Waals surface area contributed by atoms with E-state index >= 15 is 0 Å². The maximum Gasteiger partial charge on any atom is 0.338 e. The van der Waals surface area contributed by atoms with E-state index in [1.807, 2.05) is 6.92 Å². The third kappa shape index (κ3) is 3.47. The first-order valence-electron chi connectivity index (χ1n) is 5.48. The zero-order chi connectivity index (χ0) is 11.5. The van der Waals surface area contributed by atoms with Crippen LogP contribution in [-0.4, -0.2) is 30.6 Å². The first kappa shape index (κ1) is 12.5. The molecular weight excluding hydrogens is 196 g/mol. The predicted octanol–water partition coefficient (Wildman–Crippen LogP) is 1.87. The molecule has 88 valence electrons. The largest absolute Gasteiger partial charge is 0.464 e. The van der Waals surface area contributed by atoms with Crippen LogP contribution in [0.25, 0.3) is 0 Å². The summed E-state index contributed by atoms with van der Waals surface area (Å²) < 4.78 is 16.0. The molecule has 0 saturated carbocycles. The molecule has 15 heavy (non-hydrogen) atoms. The third-order valence-electron chi connectivity index (χ3n) is 2.28. The summed E-state index contributed by atoms with van der Waals surface area (Å²) in [6.45, 7) is 7.92. The molecule has 4 heteroatoms. The molecule has 2 atom stereocenters. The predicted molar refractivity (Wildman–Crippen MR) is 55.4 cm³/mol. The highest BCUT2D eigenvalue weighted by Gasteiger charge is 2.43. The van der Waals surface area contributed by atoms with E-state index in [-0.39, 0.29) is 12.1 Å². The first-order valence-corrected chi connectivity index (χ1v) is 5.48. The van der Waals surface area contributed by atoms with Gasteiger partial charge in [0.05, 0.1) is 12.7 Å². The van der Waals surface area contributed by atoms with Crippen LogP contribution >= 0.6 is 0 Å². The van der Waals surface area contributed by atoms with Crippen molar-refractivity contribution >= 4 is 5.97 Å². The molecular formula is C11H20O4. The van der Waals surface area contributed by atoms with Gasteiger partial charge in [-0.15, -0.1) is 0 Å². The lowest BCUT2D eigenvalue weighted by atomic mass is 10.2. The van der Waals surface area contributed by atoms with Gasteiger partial charge in [-0.25, -0.2) is 4.79 Å². The Hall–Kier alpha value is -0.610. The van der Waals surface area contributed by atoms with E-state index in [0.29, 0.717) is 6.61 Å². The average Bonchev–Trinajstić information content (AvgIpc) is 2.40. The lowest BCUT2D eigenvalue weighted by Gasteiger charge is -2.16. The van der Waals surface area contributed by atoms with Crippen LogP contribution in [0.2, 0.25) is 0 Å². The first-order chi connectivity index (χ1) is 6.96. The Morgan fingerprint density at radius 1 is 1.40 bits per heavy atom. The van der Waals surface area contributed by atoms with Gasteiger partial charge >= 0.3 is 5.97 Å². The maximum atomic E-state index is 11.6. The summed E-state index contributed by atoms with van der Waals surface area (Å²) in [5, 5.41) is 0. The van der Waals surface area contributed by atoms with E-state index in [1.165, 1.54) is 0 Å². The third-order valence-corrected chi connectivity index (χ3v) is 2.28. The Bertz CT molecular complexity index is 225. The number of unbranched alkanes of at least 4 members (excludes halogenated alkanes) is 1. The fourth-order valence-electron chi connectivity index (χ4n) is 1.58. The van der Waals surface area contributed by atoms with E-state index in [9.17, 15) is 4.79 Å². The summed E-state index contributed by atoms with van der Waals surface area (Å²) >= 11 is 0. The van der Waals surface area contributed by atoms with Gasteiger partial charge in [-0.3, -0.25) is 0 Å². The van der Waals surface area contributed by atoms with Gasteiger partial charge in [0.2, 0.25) is 0 Å². The Morgan fingerprint density at radius 3 is 2.53 bits per heavy atom. The molecule has 1 rings (SSSR count). The number of carbonyl (C=O) groups is 1. The highest BCUT2D eigenvalue weighted by atomic mass is 16.8. The molecule has 0 radical (unpaired) electrons. The molecule has 0 N–H and O–H groups in total. The average molecular weight is 216 g/mol. The summed E-state index contributed by atoms with van der Waals surface area (Å²) in [7, 11) is 0. The summed E-state index contributed by atoms with van der Waals surface area (Å²) in [4.78, 5) is 11.6. The minimum atomic E-state index is -0.687. The normalized spacial score (nSPS) is 29.1. The zero-order valence-corrected chi connectivity index (χ0v) is 9.91. The Balaban J connectivity index is 2.40. The fourth-order valence-corrected chi connectivity index (χ4v) is 1.58. The van der Waals surface area contributed by atoms with Gasteiger partial charge in [-0.05, 0) is 27.2 Å². The van der Waals surface area contributed by atoms with Crippen molar-refractivity contribution < 1.29 is 19.0 Å². The van der Waals surface area contributed by atoms with E-state index < -0.39 is 11.9 Å². The van der Waals surface area contributed by atoms with E-state index in [1.54, 1.807) is 13.8 Å². The molecule has 0 amide bonds. The van der Waals surface area contributed by atoms with E-state index in [2.05, 4.69) is 6.92 Å². The van der Waals surface area contributed by atoms with Crippen LogP contribution in [0.15, 0.2) is 0 Å². The maximum absolute atomic E-state index is 11.6. The number of ether oxygens (including phenoxy) is 3. The molecule has 1 aliphatic heterocycles.